The van der Waals surface area contributed by atoms with Crippen LogP contribution in [0.3, 0.4) is 0 Å². The molecule has 0 saturated carbocycles. The molecule has 0 aliphatic carbocycles. The fourth-order valence-electron chi connectivity index (χ4n) is 1.71. The zero-order valence-electron chi connectivity index (χ0n) is 9.84. The molecule has 0 spiro atoms. The van der Waals surface area contributed by atoms with Crippen LogP contribution in [0.25, 0.3) is 0 Å². The van der Waals surface area contributed by atoms with Gasteiger partial charge in [0.25, 0.3) is 0 Å². The van der Waals surface area contributed by atoms with Crippen LogP contribution in [-0.4, -0.2) is 55.5 Å². The SMILES string of the molecule is C=CCN(CC=C)C(=O)CN1CCCS1(=O)=O. The first kappa shape index (κ1) is 13.9. The van der Waals surface area contributed by atoms with Crippen LogP contribution in [-0.2, 0) is 14.8 Å². The Labute approximate surface area is 102 Å². The van der Waals surface area contributed by atoms with Crippen LogP contribution in [0.1, 0.15) is 6.42 Å². The average Bonchev–Trinajstić information content (AvgIpc) is 2.58. The predicted molar refractivity (Wildman–Crippen MR) is 67.0 cm³/mol. The summed E-state index contributed by atoms with van der Waals surface area (Å²) in [6.07, 6.45) is 3.82. The molecule has 5 nitrogen and oxygen atoms in total. The van der Waals surface area contributed by atoms with E-state index in [0.717, 1.165) is 0 Å². The minimum Gasteiger partial charge on any atom is -0.334 e. The summed E-state index contributed by atoms with van der Waals surface area (Å²) in [5.74, 6) is -0.0706. The molecule has 1 amide bonds. The van der Waals surface area contributed by atoms with Crippen molar-refractivity contribution in [3.05, 3.63) is 25.3 Å². The molecular formula is C11H18N2O3S. The van der Waals surface area contributed by atoms with Gasteiger partial charge in [0, 0.05) is 19.6 Å². The first-order chi connectivity index (χ1) is 8.01. The smallest absolute Gasteiger partial charge is 0.238 e. The molecule has 0 aromatic heterocycles. The minimum absolute atomic E-state index is 0.0794. The summed E-state index contributed by atoms with van der Waals surface area (Å²) in [6, 6.07) is 0. The highest BCUT2D eigenvalue weighted by Crippen LogP contribution is 2.13. The van der Waals surface area contributed by atoms with Gasteiger partial charge in [-0.05, 0) is 6.42 Å². The summed E-state index contributed by atoms with van der Waals surface area (Å²) < 4.78 is 24.3. The number of nitrogens with zero attached hydrogens (tertiary/aromatic N) is 2. The number of hydrogen-bond donors (Lipinski definition) is 0. The monoisotopic (exact) mass is 258 g/mol. The molecule has 96 valence electrons. The molecular weight excluding hydrogens is 240 g/mol. The Morgan fingerprint density at radius 1 is 1.29 bits per heavy atom. The Bertz CT molecular complexity index is 393. The fourth-order valence-corrected chi connectivity index (χ4v) is 3.18. The van der Waals surface area contributed by atoms with Crippen molar-refractivity contribution in [1.82, 2.24) is 9.21 Å². The van der Waals surface area contributed by atoms with E-state index in [1.165, 1.54) is 9.21 Å². The van der Waals surface area contributed by atoms with E-state index < -0.39 is 10.0 Å². The van der Waals surface area contributed by atoms with Crippen molar-refractivity contribution in [2.75, 3.05) is 31.9 Å². The van der Waals surface area contributed by atoms with Gasteiger partial charge in [-0.2, -0.15) is 4.31 Å². The molecule has 0 unspecified atom stereocenters. The number of hydrogen-bond acceptors (Lipinski definition) is 3. The Kier molecular flexibility index (Phi) is 4.89. The van der Waals surface area contributed by atoms with Gasteiger partial charge in [0.2, 0.25) is 15.9 Å². The summed E-state index contributed by atoms with van der Waals surface area (Å²) in [6.45, 7) is 8.29. The standard InChI is InChI=1S/C11H18N2O3S/c1-3-6-12(7-4-2)11(14)10-13-8-5-9-17(13,15)16/h3-4H,1-2,5-10H2. The largest absolute Gasteiger partial charge is 0.334 e. The van der Waals surface area contributed by atoms with Gasteiger partial charge in [-0.15, -0.1) is 13.2 Å². The van der Waals surface area contributed by atoms with Crippen molar-refractivity contribution in [1.29, 1.82) is 0 Å². The number of carbonyl (C=O) groups excluding carboxylic acids is 1. The van der Waals surface area contributed by atoms with E-state index in [0.29, 0.717) is 26.1 Å². The molecule has 0 aromatic rings. The lowest BCUT2D eigenvalue weighted by Crippen LogP contribution is -2.41. The zero-order valence-corrected chi connectivity index (χ0v) is 10.7. The Balaban J connectivity index is 2.63. The van der Waals surface area contributed by atoms with Crippen molar-refractivity contribution < 1.29 is 13.2 Å². The second-order valence-corrected chi connectivity index (χ2v) is 5.97. The van der Waals surface area contributed by atoms with Crippen LogP contribution in [0.5, 0.6) is 0 Å². The van der Waals surface area contributed by atoms with E-state index in [4.69, 9.17) is 0 Å². The number of sulfonamides is 1. The lowest BCUT2D eigenvalue weighted by atomic mass is 10.4. The van der Waals surface area contributed by atoms with Crippen LogP contribution < -0.4 is 0 Å². The Morgan fingerprint density at radius 3 is 2.29 bits per heavy atom. The van der Waals surface area contributed by atoms with Crippen molar-refractivity contribution in [2.45, 2.75) is 6.42 Å². The van der Waals surface area contributed by atoms with E-state index >= 15 is 0 Å². The van der Waals surface area contributed by atoms with Crippen molar-refractivity contribution in [3.8, 4) is 0 Å². The predicted octanol–water partition coefficient (Wildman–Crippen LogP) is 0.223. The maximum atomic E-state index is 11.9. The van der Waals surface area contributed by atoms with Gasteiger partial charge in [-0.1, -0.05) is 12.2 Å². The number of carbonyl (C=O) groups is 1. The number of rotatable bonds is 6. The molecule has 0 bridgehead atoms. The third-order valence-electron chi connectivity index (χ3n) is 2.57. The van der Waals surface area contributed by atoms with Gasteiger partial charge in [-0.25, -0.2) is 8.42 Å². The molecule has 1 heterocycles. The third kappa shape index (κ3) is 3.67. The van der Waals surface area contributed by atoms with E-state index in [1.807, 2.05) is 0 Å². The van der Waals surface area contributed by atoms with Crippen LogP contribution in [0.15, 0.2) is 25.3 Å². The molecule has 0 aromatic carbocycles. The summed E-state index contributed by atoms with van der Waals surface area (Å²) in [5, 5.41) is 0. The zero-order chi connectivity index (χ0) is 12.9. The van der Waals surface area contributed by atoms with E-state index in [-0.39, 0.29) is 18.2 Å². The molecule has 0 N–H and O–H groups in total. The highest BCUT2D eigenvalue weighted by Gasteiger charge is 2.30. The topological polar surface area (TPSA) is 57.7 Å². The van der Waals surface area contributed by atoms with E-state index in [1.54, 1.807) is 12.2 Å². The fraction of sp³-hybridized carbons (Fsp3) is 0.545. The first-order valence-electron chi connectivity index (χ1n) is 5.48. The summed E-state index contributed by atoms with van der Waals surface area (Å²) in [4.78, 5) is 13.4. The van der Waals surface area contributed by atoms with E-state index in [2.05, 4.69) is 13.2 Å². The van der Waals surface area contributed by atoms with Gasteiger partial charge in [0.15, 0.2) is 0 Å². The third-order valence-corrected chi connectivity index (χ3v) is 4.47. The quantitative estimate of drug-likeness (QED) is 0.641. The van der Waals surface area contributed by atoms with Crippen molar-refractivity contribution >= 4 is 15.9 Å². The lowest BCUT2D eigenvalue weighted by Gasteiger charge is -2.22. The molecule has 0 radical (unpaired) electrons. The molecule has 1 saturated heterocycles. The molecule has 17 heavy (non-hydrogen) atoms. The second kappa shape index (κ2) is 5.97. The molecule has 0 atom stereocenters. The molecule has 1 aliphatic heterocycles. The van der Waals surface area contributed by atoms with Crippen LogP contribution in [0, 0.1) is 0 Å². The summed E-state index contributed by atoms with van der Waals surface area (Å²) in [5.41, 5.74) is 0. The Morgan fingerprint density at radius 2 is 1.88 bits per heavy atom. The van der Waals surface area contributed by atoms with Gasteiger partial charge in [0.05, 0.1) is 12.3 Å². The first-order valence-corrected chi connectivity index (χ1v) is 7.09. The Hall–Kier alpha value is -1.14. The maximum Gasteiger partial charge on any atom is 0.238 e. The van der Waals surface area contributed by atoms with Crippen LogP contribution >= 0.6 is 0 Å². The lowest BCUT2D eigenvalue weighted by molar-refractivity contribution is -0.130. The highest BCUT2D eigenvalue weighted by molar-refractivity contribution is 7.89. The molecule has 1 aliphatic rings. The van der Waals surface area contributed by atoms with Crippen LogP contribution in [0.4, 0.5) is 0 Å². The van der Waals surface area contributed by atoms with Crippen molar-refractivity contribution in [2.24, 2.45) is 0 Å². The summed E-state index contributed by atoms with van der Waals surface area (Å²) in [7, 11) is -3.21. The van der Waals surface area contributed by atoms with Crippen LogP contribution in [0.2, 0.25) is 0 Å². The normalized spacial score (nSPS) is 18.8. The maximum absolute atomic E-state index is 11.9. The minimum atomic E-state index is -3.21. The molecule has 1 fully saturated rings. The number of amides is 1. The molecule has 6 heteroatoms. The second-order valence-electron chi connectivity index (χ2n) is 3.88. The molecule has 1 rings (SSSR count). The van der Waals surface area contributed by atoms with Gasteiger partial charge in [-0.3, -0.25) is 4.79 Å². The average molecular weight is 258 g/mol. The van der Waals surface area contributed by atoms with E-state index in [9.17, 15) is 13.2 Å². The van der Waals surface area contributed by atoms with Crippen molar-refractivity contribution in [3.63, 3.8) is 0 Å². The van der Waals surface area contributed by atoms with Gasteiger partial charge < -0.3 is 4.90 Å². The van der Waals surface area contributed by atoms with Gasteiger partial charge >= 0.3 is 0 Å². The van der Waals surface area contributed by atoms with Gasteiger partial charge in [0.1, 0.15) is 0 Å². The highest BCUT2D eigenvalue weighted by atomic mass is 32.2. The summed E-state index contributed by atoms with van der Waals surface area (Å²) >= 11 is 0.